The second-order valence-electron chi connectivity index (χ2n) is 3.69. The number of rotatable bonds is 4. The number of aryl methyl sites for hydroxylation is 2. The zero-order valence-corrected chi connectivity index (χ0v) is 9.38. The van der Waals surface area contributed by atoms with Gasteiger partial charge >= 0.3 is 0 Å². The summed E-state index contributed by atoms with van der Waals surface area (Å²) in [5.41, 5.74) is 3.67. The van der Waals surface area contributed by atoms with Crippen LogP contribution in [0, 0.1) is 13.8 Å². The number of para-hydroxylation sites is 1. The van der Waals surface area contributed by atoms with Gasteiger partial charge in [-0.25, -0.2) is 0 Å². The van der Waals surface area contributed by atoms with Gasteiger partial charge in [-0.2, -0.15) is 0 Å². The van der Waals surface area contributed by atoms with E-state index < -0.39 is 0 Å². The summed E-state index contributed by atoms with van der Waals surface area (Å²) in [5.74, 6) is 0. The van der Waals surface area contributed by atoms with E-state index in [1.807, 2.05) is 6.21 Å². The minimum Gasteiger partial charge on any atom is -0.261 e. The molecule has 0 aliphatic carbocycles. The van der Waals surface area contributed by atoms with Crippen molar-refractivity contribution in [1.82, 2.24) is 0 Å². The highest BCUT2D eigenvalue weighted by atomic mass is 14.7. The van der Waals surface area contributed by atoms with E-state index in [9.17, 15) is 0 Å². The second-order valence-corrected chi connectivity index (χ2v) is 3.69. The molecule has 0 aromatic heterocycles. The summed E-state index contributed by atoms with van der Waals surface area (Å²) in [7, 11) is 0. The Morgan fingerprint density at radius 3 is 2.43 bits per heavy atom. The number of aliphatic imine (C=N–C) groups is 1. The van der Waals surface area contributed by atoms with E-state index in [4.69, 9.17) is 0 Å². The van der Waals surface area contributed by atoms with Crippen molar-refractivity contribution in [1.29, 1.82) is 0 Å². The highest BCUT2D eigenvalue weighted by Crippen LogP contribution is 2.22. The van der Waals surface area contributed by atoms with Crippen molar-refractivity contribution in [3.05, 3.63) is 29.3 Å². The largest absolute Gasteiger partial charge is 0.261 e. The van der Waals surface area contributed by atoms with Gasteiger partial charge in [-0.3, -0.25) is 4.99 Å². The zero-order valence-electron chi connectivity index (χ0n) is 9.38. The molecule has 0 unspecified atom stereocenters. The van der Waals surface area contributed by atoms with Crippen LogP contribution in [0.25, 0.3) is 0 Å². The highest BCUT2D eigenvalue weighted by Gasteiger charge is 1.97. The van der Waals surface area contributed by atoms with Crippen molar-refractivity contribution >= 4 is 11.9 Å². The molecule has 0 bridgehead atoms. The maximum absolute atomic E-state index is 4.52. The third-order valence-electron chi connectivity index (χ3n) is 2.35. The maximum atomic E-state index is 4.52. The first-order chi connectivity index (χ1) is 6.75. The fourth-order valence-corrected chi connectivity index (χ4v) is 1.46. The molecule has 14 heavy (non-hydrogen) atoms. The predicted molar refractivity (Wildman–Crippen MR) is 63.6 cm³/mol. The van der Waals surface area contributed by atoms with Gasteiger partial charge in [0.2, 0.25) is 0 Å². The maximum Gasteiger partial charge on any atom is 0.0683 e. The van der Waals surface area contributed by atoms with Crippen LogP contribution in [0.3, 0.4) is 0 Å². The van der Waals surface area contributed by atoms with Crippen LogP contribution >= 0.6 is 0 Å². The van der Waals surface area contributed by atoms with E-state index in [1.54, 1.807) is 0 Å². The first-order valence-electron chi connectivity index (χ1n) is 5.34. The highest BCUT2D eigenvalue weighted by molar-refractivity contribution is 5.66. The zero-order chi connectivity index (χ0) is 10.4. The molecule has 0 aliphatic rings. The van der Waals surface area contributed by atoms with Crippen LogP contribution in [-0.2, 0) is 0 Å². The molecule has 1 nitrogen and oxygen atoms in total. The lowest BCUT2D eigenvalue weighted by Gasteiger charge is -2.03. The van der Waals surface area contributed by atoms with Gasteiger partial charge in [0.1, 0.15) is 0 Å². The quantitative estimate of drug-likeness (QED) is 0.497. The fourth-order valence-electron chi connectivity index (χ4n) is 1.46. The van der Waals surface area contributed by atoms with Crippen molar-refractivity contribution in [2.75, 3.05) is 0 Å². The normalized spacial score (nSPS) is 11.1. The number of hydrogen-bond donors (Lipinski definition) is 0. The molecule has 0 fully saturated rings. The van der Waals surface area contributed by atoms with E-state index in [-0.39, 0.29) is 0 Å². The molecule has 0 saturated carbocycles. The smallest absolute Gasteiger partial charge is 0.0683 e. The Balaban J connectivity index is 2.70. The number of hydrogen-bond acceptors (Lipinski definition) is 1. The molecule has 0 N–H and O–H groups in total. The summed E-state index contributed by atoms with van der Waals surface area (Å²) < 4.78 is 0. The molecular weight excluding hydrogens is 170 g/mol. The summed E-state index contributed by atoms with van der Waals surface area (Å²) in [6.45, 7) is 6.42. The Hall–Kier alpha value is -1.11. The summed E-state index contributed by atoms with van der Waals surface area (Å²) in [4.78, 5) is 4.52. The van der Waals surface area contributed by atoms with Gasteiger partial charge in [0.25, 0.3) is 0 Å². The Bertz CT molecular complexity index is 293. The van der Waals surface area contributed by atoms with Crippen LogP contribution in [0.4, 0.5) is 5.69 Å². The SMILES string of the molecule is CCCCC=Nc1c(C)cccc1C. The second kappa shape index (κ2) is 5.58. The molecule has 1 rings (SSSR count). The van der Waals surface area contributed by atoms with Crippen LogP contribution < -0.4 is 0 Å². The molecule has 1 aromatic rings. The number of unbranched alkanes of at least 4 members (excludes halogenated alkanes) is 2. The van der Waals surface area contributed by atoms with E-state index >= 15 is 0 Å². The molecule has 0 amide bonds. The molecule has 0 atom stereocenters. The number of benzene rings is 1. The van der Waals surface area contributed by atoms with Crippen molar-refractivity contribution in [3.63, 3.8) is 0 Å². The van der Waals surface area contributed by atoms with Gasteiger partial charge in [-0.1, -0.05) is 31.5 Å². The van der Waals surface area contributed by atoms with Gasteiger partial charge in [-0.15, -0.1) is 0 Å². The molecule has 0 aliphatic heterocycles. The van der Waals surface area contributed by atoms with Crippen LogP contribution in [0.15, 0.2) is 23.2 Å². The van der Waals surface area contributed by atoms with Crippen LogP contribution in [0.5, 0.6) is 0 Å². The summed E-state index contributed by atoms with van der Waals surface area (Å²) >= 11 is 0. The van der Waals surface area contributed by atoms with Gasteiger partial charge in [0.15, 0.2) is 0 Å². The minimum absolute atomic E-state index is 1.09. The lowest BCUT2D eigenvalue weighted by Crippen LogP contribution is -1.81. The van der Waals surface area contributed by atoms with Gasteiger partial charge < -0.3 is 0 Å². The lowest BCUT2D eigenvalue weighted by molar-refractivity contribution is 0.842. The van der Waals surface area contributed by atoms with Crippen LogP contribution in [0.2, 0.25) is 0 Å². The van der Waals surface area contributed by atoms with E-state index in [0.29, 0.717) is 0 Å². The van der Waals surface area contributed by atoms with Crippen LogP contribution in [-0.4, -0.2) is 6.21 Å². The topological polar surface area (TPSA) is 12.4 Å². The standard InChI is InChI=1S/C13H19N/c1-4-5-6-10-14-13-11(2)8-7-9-12(13)3/h7-10H,4-6H2,1-3H3. The third kappa shape index (κ3) is 2.99. The Kier molecular flexibility index (Phi) is 4.37. The molecule has 1 aromatic carbocycles. The van der Waals surface area contributed by atoms with Crippen molar-refractivity contribution in [2.24, 2.45) is 4.99 Å². The first kappa shape index (κ1) is 11.0. The molecule has 1 heteroatoms. The summed E-state index contributed by atoms with van der Waals surface area (Å²) in [6.07, 6.45) is 5.59. The van der Waals surface area contributed by atoms with Gasteiger partial charge in [0.05, 0.1) is 5.69 Å². The lowest BCUT2D eigenvalue weighted by atomic mass is 10.1. The van der Waals surface area contributed by atoms with E-state index in [2.05, 4.69) is 44.0 Å². The first-order valence-corrected chi connectivity index (χ1v) is 5.34. The Labute approximate surface area is 86.9 Å². The monoisotopic (exact) mass is 189 g/mol. The molecule has 0 radical (unpaired) electrons. The van der Waals surface area contributed by atoms with Crippen LogP contribution in [0.1, 0.15) is 37.3 Å². The molecule has 0 heterocycles. The third-order valence-corrected chi connectivity index (χ3v) is 2.35. The molecule has 76 valence electrons. The number of nitrogens with zero attached hydrogens (tertiary/aromatic N) is 1. The molecule has 0 spiro atoms. The summed E-state index contributed by atoms with van der Waals surface area (Å²) in [5, 5.41) is 0. The van der Waals surface area contributed by atoms with E-state index in [1.165, 1.54) is 24.0 Å². The van der Waals surface area contributed by atoms with Crippen molar-refractivity contribution in [2.45, 2.75) is 40.0 Å². The molecule has 0 saturated heterocycles. The fraction of sp³-hybridized carbons (Fsp3) is 0.462. The summed E-state index contributed by atoms with van der Waals surface area (Å²) in [6, 6.07) is 6.30. The van der Waals surface area contributed by atoms with Crippen molar-refractivity contribution in [3.8, 4) is 0 Å². The average Bonchev–Trinajstić information content (AvgIpc) is 2.16. The van der Waals surface area contributed by atoms with E-state index in [0.717, 1.165) is 12.1 Å². The Morgan fingerprint density at radius 1 is 1.21 bits per heavy atom. The van der Waals surface area contributed by atoms with Crippen molar-refractivity contribution < 1.29 is 0 Å². The predicted octanol–water partition coefficient (Wildman–Crippen LogP) is 4.20. The Morgan fingerprint density at radius 2 is 1.86 bits per heavy atom. The molecular formula is C13H19N. The minimum atomic E-state index is 1.09. The van der Waals surface area contributed by atoms with Gasteiger partial charge in [0, 0.05) is 6.21 Å². The average molecular weight is 189 g/mol. The van der Waals surface area contributed by atoms with Gasteiger partial charge in [-0.05, 0) is 37.8 Å².